The van der Waals surface area contributed by atoms with Crippen LogP contribution in [0.5, 0.6) is 0 Å². The van der Waals surface area contributed by atoms with Crippen molar-refractivity contribution in [3.05, 3.63) is 39.7 Å². The summed E-state index contributed by atoms with van der Waals surface area (Å²) in [6.45, 7) is 1.77. The van der Waals surface area contributed by atoms with E-state index in [4.69, 9.17) is 11.6 Å². The first-order valence-corrected chi connectivity index (χ1v) is 4.51. The minimum atomic E-state index is -0.819. The van der Waals surface area contributed by atoms with Crippen LogP contribution in [0.15, 0.2) is 18.2 Å². The summed E-state index contributed by atoms with van der Waals surface area (Å²) < 4.78 is 12.9. The standard InChI is InChI=1S/C9H9ClFNO2/c1-6(10)4-7-2-3-8(11)9(5-7)12(13)14/h2-3,5-6H,4H2,1H3. The van der Waals surface area contributed by atoms with Gasteiger partial charge in [0.2, 0.25) is 5.82 Å². The zero-order chi connectivity index (χ0) is 10.7. The highest BCUT2D eigenvalue weighted by Gasteiger charge is 2.14. The minimum Gasteiger partial charge on any atom is -0.258 e. The molecule has 14 heavy (non-hydrogen) atoms. The van der Waals surface area contributed by atoms with E-state index >= 15 is 0 Å². The topological polar surface area (TPSA) is 43.1 Å². The normalized spacial score (nSPS) is 12.5. The molecule has 76 valence electrons. The van der Waals surface area contributed by atoms with Crippen molar-refractivity contribution in [2.75, 3.05) is 0 Å². The highest BCUT2D eigenvalue weighted by atomic mass is 35.5. The van der Waals surface area contributed by atoms with E-state index in [0.29, 0.717) is 12.0 Å². The molecule has 1 rings (SSSR count). The number of alkyl halides is 1. The predicted octanol–water partition coefficient (Wildman–Crippen LogP) is 2.90. The van der Waals surface area contributed by atoms with Crippen molar-refractivity contribution in [1.29, 1.82) is 0 Å². The first-order chi connectivity index (χ1) is 6.50. The fourth-order valence-electron chi connectivity index (χ4n) is 1.15. The number of rotatable bonds is 3. The van der Waals surface area contributed by atoms with E-state index in [2.05, 4.69) is 0 Å². The maximum Gasteiger partial charge on any atom is 0.305 e. The smallest absolute Gasteiger partial charge is 0.258 e. The van der Waals surface area contributed by atoms with Crippen molar-refractivity contribution in [3.8, 4) is 0 Å². The van der Waals surface area contributed by atoms with E-state index in [1.54, 1.807) is 6.92 Å². The first-order valence-electron chi connectivity index (χ1n) is 4.07. The number of nitro groups is 1. The number of benzene rings is 1. The van der Waals surface area contributed by atoms with Gasteiger partial charge in [0.15, 0.2) is 0 Å². The maximum absolute atomic E-state index is 12.9. The summed E-state index contributed by atoms with van der Waals surface area (Å²) in [6.07, 6.45) is 0.489. The molecule has 1 aromatic carbocycles. The molecule has 1 unspecified atom stereocenters. The number of nitrogens with zero attached hydrogens (tertiary/aromatic N) is 1. The average Bonchev–Trinajstić information content (AvgIpc) is 2.07. The quantitative estimate of drug-likeness (QED) is 0.444. The predicted molar refractivity (Wildman–Crippen MR) is 52.1 cm³/mol. The molecule has 0 aliphatic rings. The fraction of sp³-hybridized carbons (Fsp3) is 0.333. The van der Waals surface area contributed by atoms with Gasteiger partial charge in [-0.3, -0.25) is 10.1 Å². The SMILES string of the molecule is CC(Cl)Cc1ccc(F)c([N+](=O)[O-])c1. The van der Waals surface area contributed by atoms with Crippen LogP contribution in [0.3, 0.4) is 0 Å². The Kier molecular flexibility index (Phi) is 3.41. The van der Waals surface area contributed by atoms with Gasteiger partial charge in [0.25, 0.3) is 0 Å². The number of halogens is 2. The molecule has 5 heteroatoms. The lowest BCUT2D eigenvalue weighted by Gasteiger charge is -2.02. The highest BCUT2D eigenvalue weighted by molar-refractivity contribution is 6.20. The third-order valence-corrected chi connectivity index (χ3v) is 1.88. The van der Waals surface area contributed by atoms with Crippen LogP contribution in [-0.2, 0) is 6.42 Å². The summed E-state index contributed by atoms with van der Waals surface area (Å²) in [5.41, 5.74) is 0.167. The molecular formula is C9H9ClFNO2. The van der Waals surface area contributed by atoms with Gasteiger partial charge in [-0.1, -0.05) is 6.07 Å². The Bertz CT molecular complexity index is 355. The van der Waals surface area contributed by atoms with Crippen LogP contribution in [0.1, 0.15) is 12.5 Å². The van der Waals surface area contributed by atoms with Crippen LogP contribution in [0.2, 0.25) is 0 Å². The molecule has 0 saturated carbocycles. The average molecular weight is 218 g/mol. The Morgan fingerprint density at radius 2 is 2.29 bits per heavy atom. The van der Waals surface area contributed by atoms with Crippen molar-refractivity contribution in [3.63, 3.8) is 0 Å². The zero-order valence-corrected chi connectivity index (χ0v) is 8.29. The molecule has 0 aromatic heterocycles. The molecule has 1 atom stereocenters. The van der Waals surface area contributed by atoms with Gasteiger partial charge in [0, 0.05) is 11.4 Å². The van der Waals surface area contributed by atoms with E-state index in [0.717, 1.165) is 6.07 Å². The van der Waals surface area contributed by atoms with Gasteiger partial charge >= 0.3 is 5.69 Å². The fourth-order valence-corrected chi connectivity index (χ4v) is 1.33. The number of hydrogen-bond donors (Lipinski definition) is 0. The highest BCUT2D eigenvalue weighted by Crippen LogP contribution is 2.20. The van der Waals surface area contributed by atoms with Gasteiger partial charge in [-0.15, -0.1) is 11.6 Å². The zero-order valence-electron chi connectivity index (χ0n) is 7.54. The van der Waals surface area contributed by atoms with E-state index in [-0.39, 0.29) is 5.38 Å². The lowest BCUT2D eigenvalue weighted by atomic mass is 10.1. The van der Waals surface area contributed by atoms with E-state index in [9.17, 15) is 14.5 Å². The summed E-state index contributed by atoms with van der Waals surface area (Å²) >= 11 is 5.72. The molecule has 0 bridgehead atoms. The molecule has 0 saturated heterocycles. The second-order valence-corrected chi connectivity index (χ2v) is 3.77. The Morgan fingerprint density at radius 3 is 2.79 bits per heavy atom. The van der Waals surface area contributed by atoms with Gasteiger partial charge in [-0.25, -0.2) is 0 Å². The summed E-state index contributed by atoms with van der Waals surface area (Å²) in [5.74, 6) is -0.819. The van der Waals surface area contributed by atoms with Crippen molar-refractivity contribution in [1.82, 2.24) is 0 Å². The second-order valence-electron chi connectivity index (χ2n) is 3.03. The Hall–Kier alpha value is -1.16. The molecular weight excluding hydrogens is 209 g/mol. The Labute approximate surface area is 85.6 Å². The van der Waals surface area contributed by atoms with Crippen LogP contribution < -0.4 is 0 Å². The van der Waals surface area contributed by atoms with Crippen LogP contribution in [0, 0.1) is 15.9 Å². The Balaban J connectivity index is 3.00. The molecule has 0 aliphatic heterocycles. The molecule has 0 heterocycles. The summed E-state index contributed by atoms with van der Waals surface area (Å²) in [4.78, 5) is 9.65. The molecule has 0 N–H and O–H groups in total. The molecule has 0 amide bonds. The van der Waals surface area contributed by atoms with Gasteiger partial charge in [-0.2, -0.15) is 4.39 Å². The molecule has 0 spiro atoms. The third-order valence-electron chi connectivity index (χ3n) is 1.72. The molecule has 0 fully saturated rings. The van der Waals surface area contributed by atoms with Crippen LogP contribution in [0.25, 0.3) is 0 Å². The molecule has 3 nitrogen and oxygen atoms in total. The number of nitro benzene ring substituents is 1. The van der Waals surface area contributed by atoms with Crippen molar-refractivity contribution in [2.24, 2.45) is 0 Å². The van der Waals surface area contributed by atoms with E-state index in [1.165, 1.54) is 12.1 Å². The molecule has 1 aromatic rings. The monoisotopic (exact) mass is 217 g/mol. The molecule has 0 aliphatic carbocycles. The van der Waals surface area contributed by atoms with Gasteiger partial charge in [0.05, 0.1) is 4.92 Å². The largest absolute Gasteiger partial charge is 0.305 e. The first kappa shape index (κ1) is 10.9. The van der Waals surface area contributed by atoms with Crippen LogP contribution >= 0.6 is 11.6 Å². The van der Waals surface area contributed by atoms with E-state index < -0.39 is 16.4 Å². The van der Waals surface area contributed by atoms with Gasteiger partial charge in [-0.05, 0) is 25.0 Å². The van der Waals surface area contributed by atoms with Crippen molar-refractivity contribution in [2.45, 2.75) is 18.7 Å². The third kappa shape index (κ3) is 2.67. The lowest BCUT2D eigenvalue weighted by Crippen LogP contribution is -1.99. The summed E-state index contributed by atoms with van der Waals surface area (Å²) in [6, 6.07) is 3.81. The van der Waals surface area contributed by atoms with Crippen molar-refractivity contribution >= 4 is 17.3 Å². The van der Waals surface area contributed by atoms with Crippen LogP contribution in [0.4, 0.5) is 10.1 Å². The summed E-state index contributed by atoms with van der Waals surface area (Å²) in [7, 11) is 0. The Morgan fingerprint density at radius 1 is 1.64 bits per heavy atom. The van der Waals surface area contributed by atoms with Gasteiger partial charge in [0.1, 0.15) is 0 Å². The minimum absolute atomic E-state index is 0.125. The van der Waals surface area contributed by atoms with Gasteiger partial charge < -0.3 is 0 Å². The second kappa shape index (κ2) is 4.37. The molecule has 0 radical (unpaired) electrons. The van der Waals surface area contributed by atoms with Crippen molar-refractivity contribution < 1.29 is 9.31 Å². The maximum atomic E-state index is 12.9. The number of hydrogen-bond acceptors (Lipinski definition) is 2. The van der Waals surface area contributed by atoms with E-state index in [1.807, 2.05) is 0 Å². The van der Waals surface area contributed by atoms with Crippen LogP contribution in [-0.4, -0.2) is 10.3 Å². The lowest BCUT2D eigenvalue weighted by molar-refractivity contribution is -0.387. The summed E-state index contributed by atoms with van der Waals surface area (Å²) in [5, 5.41) is 10.3.